The molecule has 0 aliphatic carbocycles. The molecule has 0 saturated heterocycles. The molecule has 2 heterocycles. The first-order valence-electron chi connectivity index (χ1n) is 5.57. The lowest BCUT2D eigenvalue weighted by molar-refractivity contribution is -0.116. The fourth-order valence-electron chi connectivity index (χ4n) is 1.51. The average molecular weight is 278 g/mol. The van der Waals surface area contributed by atoms with E-state index in [0.717, 1.165) is 20.5 Å². The van der Waals surface area contributed by atoms with Crippen LogP contribution in [0.15, 0.2) is 23.6 Å². The monoisotopic (exact) mass is 278 g/mol. The van der Waals surface area contributed by atoms with E-state index >= 15 is 0 Å². The highest BCUT2D eigenvalue weighted by atomic mass is 32.1. The second-order valence-corrected chi connectivity index (χ2v) is 6.08. The molecule has 0 radical (unpaired) electrons. The number of aryl methyl sites for hydroxylation is 2. The molecule has 94 valence electrons. The third-order valence-corrected chi connectivity index (χ3v) is 4.28. The van der Waals surface area contributed by atoms with Gasteiger partial charge >= 0.3 is 0 Å². The van der Waals surface area contributed by atoms with Crippen molar-refractivity contribution in [3.8, 4) is 0 Å². The Hall–Kier alpha value is -1.46. The lowest BCUT2D eigenvalue weighted by Gasteiger charge is -1.99. The van der Waals surface area contributed by atoms with Gasteiger partial charge in [-0.2, -0.15) is 0 Å². The molecule has 5 heteroatoms. The molecular formula is C13H14N2OS2. The van der Waals surface area contributed by atoms with Gasteiger partial charge < -0.3 is 5.32 Å². The van der Waals surface area contributed by atoms with Crippen LogP contribution in [0.2, 0.25) is 0 Å². The third-order valence-electron chi connectivity index (χ3n) is 2.36. The van der Waals surface area contributed by atoms with E-state index < -0.39 is 0 Å². The van der Waals surface area contributed by atoms with Crippen molar-refractivity contribution in [2.45, 2.75) is 20.4 Å². The number of thiazole rings is 1. The quantitative estimate of drug-likeness (QED) is 0.873. The molecule has 0 aliphatic rings. The van der Waals surface area contributed by atoms with Crippen LogP contribution in [0.5, 0.6) is 0 Å². The minimum atomic E-state index is -0.0751. The Morgan fingerprint density at radius 1 is 1.50 bits per heavy atom. The smallest absolute Gasteiger partial charge is 0.244 e. The second-order valence-electron chi connectivity index (χ2n) is 3.81. The number of nitrogens with one attached hydrogen (secondary N) is 1. The van der Waals surface area contributed by atoms with Crippen LogP contribution >= 0.6 is 22.7 Å². The van der Waals surface area contributed by atoms with Crippen LogP contribution in [0.1, 0.15) is 20.5 Å². The zero-order valence-electron chi connectivity index (χ0n) is 10.3. The Balaban J connectivity index is 1.87. The maximum absolute atomic E-state index is 11.6. The highest BCUT2D eigenvalue weighted by Crippen LogP contribution is 2.16. The summed E-state index contributed by atoms with van der Waals surface area (Å²) >= 11 is 3.23. The zero-order valence-corrected chi connectivity index (χ0v) is 11.9. The van der Waals surface area contributed by atoms with Crippen molar-refractivity contribution in [3.05, 3.63) is 44.0 Å². The van der Waals surface area contributed by atoms with Gasteiger partial charge in [-0.1, -0.05) is 6.07 Å². The van der Waals surface area contributed by atoms with Crippen molar-refractivity contribution in [1.29, 1.82) is 0 Å². The van der Waals surface area contributed by atoms with Gasteiger partial charge in [-0.05, 0) is 31.4 Å². The number of hydrogen-bond acceptors (Lipinski definition) is 4. The number of hydrogen-bond donors (Lipinski definition) is 1. The van der Waals surface area contributed by atoms with Crippen molar-refractivity contribution in [2.24, 2.45) is 0 Å². The number of nitrogens with zero attached hydrogens (tertiary/aromatic N) is 1. The molecule has 0 aliphatic heterocycles. The van der Waals surface area contributed by atoms with Gasteiger partial charge in [-0.25, -0.2) is 4.98 Å². The van der Waals surface area contributed by atoms with E-state index in [1.54, 1.807) is 28.7 Å². The minimum absolute atomic E-state index is 0.0751. The highest BCUT2D eigenvalue weighted by Gasteiger charge is 2.05. The SMILES string of the molecule is Cc1nc(C)c(CNC(=O)/C=C/c2cccs2)s1. The molecule has 0 bridgehead atoms. The fourth-order valence-corrected chi connectivity index (χ4v) is 3.00. The summed E-state index contributed by atoms with van der Waals surface area (Å²) in [6.45, 7) is 4.48. The predicted octanol–water partition coefficient (Wildman–Crippen LogP) is 3.15. The van der Waals surface area contributed by atoms with E-state index in [2.05, 4.69) is 10.3 Å². The third kappa shape index (κ3) is 3.51. The van der Waals surface area contributed by atoms with Gasteiger partial charge in [0.15, 0.2) is 0 Å². The maximum Gasteiger partial charge on any atom is 0.244 e. The Kier molecular flexibility index (Phi) is 4.28. The second kappa shape index (κ2) is 5.93. The molecule has 0 spiro atoms. The summed E-state index contributed by atoms with van der Waals surface area (Å²) in [4.78, 5) is 18.1. The van der Waals surface area contributed by atoms with Gasteiger partial charge in [-0.3, -0.25) is 4.79 Å². The number of thiophene rings is 1. The summed E-state index contributed by atoms with van der Waals surface area (Å²) in [5.41, 5.74) is 1.00. The number of carbonyl (C=O) groups is 1. The van der Waals surface area contributed by atoms with Crippen LogP contribution < -0.4 is 5.32 Å². The lowest BCUT2D eigenvalue weighted by Crippen LogP contribution is -2.19. The molecule has 0 fully saturated rings. The minimum Gasteiger partial charge on any atom is -0.348 e. The Morgan fingerprint density at radius 2 is 2.33 bits per heavy atom. The molecule has 0 aromatic carbocycles. The van der Waals surface area contributed by atoms with Crippen molar-refractivity contribution in [1.82, 2.24) is 10.3 Å². The summed E-state index contributed by atoms with van der Waals surface area (Å²) < 4.78 is 0. The number of aromatic nitrogens is 1. The zero-order chi connectivity index (χ0) is 13.0. The van der Waals surface area contributed by atoms with Gasteiger partial charge in [0.1, 0.15) is 0 Å². The largest absolute Gasteiger partial charge is 0.348 e. The van der Waals surface area contributed by atoms with Crippen LogP contribution in [0, 0.1) is 13.8 Å². The highest BCUT2D eigenvalue weighted by molar-refractivity contribution is 7.11. The van der Waals surface area contributed by atoms with Gasteiger partial charge in [0.2, 0.25) is 5.91 Å². The van der Waals surface area contributed by atoms with E-state index in [1.165, 1.54) is 0 Å². The van der Waals surface area contributed by atoms with Crippen molar-refractivity contribution in [2.75, 3.05) is 0 Å². The topological polar surface area (TPSA) is 42.0 Å². The summed E-state index contributed by atoms with van der Waals surface area (Å²) in [5, 5.41) is 5.89. The van der Waals surface area contributed by atoms with Gasteiger partial charge in [-0.15, -0.1) is 22.7 Å². The number of rotatable bonds is 4. The lowest BCUT2D eigenvalue weighted by atomic mass is 10.3. The molecule has 1 amide bonds. The summed E-state index contributed by atoms with van der Waals surface area (Å²) in [6, 6.07) is 3.94. The number of amides is 1. The van der Waals surface area contributed by atoms with Crippen molar-refractivity contribution in [3.63, 3.8) is 0 Å². The van der Waals surface area contributed by atoms with Crippen LogP contribution in [0.4, 0.5) is 0 Å². The first kappa shape index (κ1) is 13.0. The Bertz CT molecular complexity index is 556. The van der Waals surface area contributed by atoms with E-state index in [9.17, 15) is 4.79 Å². The van der Waals surface area contributed by atoms with Crippen LogP contribution in [0.3, 0.4) is 0 Å². The van der Waals surface area contributed by atoms with Crippen LogP contribution in [-0.4, -0.2) is 10.9 Å². The van der Waals surface area contributed by atoms with Gasteiger partial charge in [0, 0.05) is 15.8 Å². The molecule has 18 heavy (non-hydrogen) atoms. The van der Waals surface area contributed by atoms with Gasteiger partial charge in [0.25, 0.3) is 0 Å². The van der Waals surface area contributed by atoms with Gasteiger partial charge in [0.05, 0.1) is 17.2 Å². The maximum atomic E-state index is 11.6. The summed E-state index contributed by atoms with van der Waals surface area (Å²) in [6.07, 6.45) is 3.39. The standard InChI is InChI=1S/C13H14N2OS2/c1-9-12(18-10(2)15-9)8-14-13(16)6-5-11-4-3-7-17-11/h3-7H,8H2,1-2H3,(H,14,16)/b6-5+. The van der Waals surface area contributed by atoms with Crippen LogP contribution in [-0.2, 0) is 11.3 Å². The van der Waals surface area contributed by atoms with Crippen LogP contribution in [0.25, 0.3) is 6.08 Å². The predicted molar refractivity (Wildman–Crippen MR) is 76.8 cm³/mol. The molecule has 0 saturated carbocycles. The Labute approximate surface area is 114 Å². The Morgan fingerprint density at radius 3 is 2.94 bits per heavy atom. The summed E-state index contributed by atoms with van der Waals surface area (Å²) in [7, 11) is 0. The average Bonchev–Trinajstić information content (AvgIpc) is 2.94. The van der Waals surface area contributed by atoms with E-state index in [-0.39, 0.29) is 5.91 Å². The normalized spacial score (nSPS) is 11.0. The molecule has 2 aromatic rings. The van der Waals surface area contributed by atoms with E-state index in [4.69, 9.17) is 0 Å². The first-order valence-corrected chi connectivity index (χ1v) is 7.27. The molecule has 2 aromatic heterocycles. The molecule has 1 N–H and O–H groups in total. The summed E-state index contributed by atoms with van der Waals surface area (Å²) in [5.74, 6) is -0.0751. The first-order chi connectivity index (χ1) is 8.65. The molecule has 0 atom stereocenters. The van der Waals surface area contributed by atoms with E-state index in [0.29, 0.717) is 6.54 Å². The van der Waals surface area contributed by atoms with Crippen molar-refractivity contribution >= 4 is 34.7 Å². The molecular weight excluding hydrogens is 264 g/mol. The molecule has 3 nitrogen and oxygen atoms in total. The molecule has 0 unspecified atom stereocenters. The molecule has 2 rings (SSSR count). The van der Waals surface area contributed by atoms with Crippen molar-refractivity contribution < 1.29 is 4.79 Å². The number of carbonyl (C=O) groups excluding carboxylic acids is 1. The fraction of sp³-hybridized carbons (Fsp3) is 0.231. The van der Waals surface area contributed by atoms with E-state index in [1.807, 2.05) is 37.4 Å².